The molecule has 1 aliphatic rings. The summed E-state index contributed by atoms with van der Waals surface area (Å²) >= 11 is 4.46. The summed E-state index contributed by atoms with van der Waals surface area (Å²) in [5.74, 6) is -1.08. The Morgan fingerprint density at radius 1 is 1.12 bits per heavy atom. The number of aryl methyl sites for hydroxylation is 1. The molecule has 33 heavy (non-hydrogen) atoms. The van der Waals surface area contributed by atoms with E-state index in [0.717, 1.165) is 54.5 Å². The van der Waals surface area contributed by atoms with E-state index in [9.17, 15) is 14.4 Å². The van der Waals surface area contributed by atoms with Crippen molar-refractivity contribution in [2.45, 2.75) is 33.8 Å². The molecule has 1 aliphatic heterocycles. The number of aromatic nitrogens is 1. The van der Waals surface area contributed by atoms with Crippen LogP contribution in [0.25, 0.3) is 22.5 Å². The van der Waals surface area contributed by atoms with Gasteiger partial charge in [-0.25, -0.2) is 0 Å². The Kier molecular flexibility index (Phi) is 6.50. The van der Waals surface area contributed by atoms with Crippen LogP contribution in [0.2, 0.25) is 0 Å². The van der Waals surface area contributed by atoms with E-state index in [1.54, 1.807) is 19.9 Å². The lowest BCUT2D eigenvalue weighted by molar-refractivity contribution is -0.149. The van der Waals surface area contributed by atoms with Gasteiger partial charge in [-0.05, 0) is 74.7 Å². The molecular weight excluding hydrogens is 504 g/mol. The zero-order valence-electron chi connectivity index (χ0n) is 18.7. The number of carbonyl (C=O) groups excluding carboxylic acids is 3. The number of thioether (sulfide) groups is 1. The minimum Gasteiger partial charge on any atom is -0.462 e. The molecule has 6 nitrogen and oxygen atoms in total. The first-order chi connectivity index (χ1) is 15.7. The summed E-state index contributed by atoms with van der Waals surface area (Å²) in [5, 5.41) is 1.74. The van der Waals surface area contributed by atoms with Crippen LogP contribution in [0.1, 0.15) is 30.8 Å². The Morgan fingerprint density at radius 3 is 2.52 bits per heavy atom. The molecule has 1 fully saturated rings. The van der Waals surface area contributed by atoms with Gasteiger partial charge in [0.1, 0.15) is 6.54 Å². The van der Waals surface area contributed by atoms with E-state index >= 15 is 0 Å². The molecule has 2 heterocycles. The zero-order valence-corrected chi connectivity index (χ0v) is 21.1. The third-order valence-corrected chi connectivity index (χ3v) is 6.97. The van der Waals surface area contributed by atoms with Crippen molar-refractivity contribution in [2.24, 2.45) is 0 Å². The second-order valence-electron chi connectivity index (χ2n) is 8.08. The van der Waals surface area contributed by atoms with Crippen LogP contribution >= 0.6 is 27.7 Å². The monoisotopic (exact) mass is 526 g/mol. The quantitative estimate of drug-likeness (QED) is 0.301. The maximum absolute atomic E-state index is 12.8. The molecule has 170 valence electrons. The Morgan fingerprint density at radius 2 is 1.82 bits per heavy atom. The largest absolute Gasteiger partial charge is 0.462 e. The van der Waals surface area contributed by atoms with Gasteiger partial charge in [0.25, 0.3) is 11.1 Å². The third kappa shape index (κ3) is 4.50. The van der Waals surface area contributed by atoms with E-state index in [1.165, 1.54) is 0 Å². The van der Waals surface area contributed by atoms with Gasteiger partial charge in [0, 0.05) is 21.2 Å². The maximum atomic E-state index is 12.8. The van der Waals surface area contributed by atoms with Gasteiger partial charge < -0.3 is 9.30 Å². The van der Waals surface area contributed by atoms with Crippen molar-refractivity contribution < 1.29 is 19.1 Å². The van der Waals surface area contributed by atoms with E-state index in [-0.39, 0.29) is 12.6 Å². The fourth-order valence-electron chi connectivity index (χ4n) is 3.95. The number of hydrogen-bond donors (Lipinski definition) is 0. The SMILES string of the molecule is Cc1cc(/C=C2\SC(=O)N(CC(=O)OC(C)C)C2=O)c(C)n1-c1ccc(Br)c2ccccc12. The fraction of sp³-hybridized carbons (Fsp3) is 0.240. The summed E-state index contributed by atoms with van der Waals surface area (Å²) in [6.07, 6.45) is 1.41. The summed E-state index contributed by atoms with van der Waals surface area (Å²) in [4.78, 5) is 38.4. The third-order valence-electron chi connectivity index (χ3n) is 5.37. The number of rotatable bonds is 5. The van der Waals surface area contributed by atoms with E-state index in [1.807, 2.05) is 38.1 Å². The fourth-order valence-corrected chi connectivity index (χ4v) is 5.26. The van der Waals surface area contributed by atoms with Gasteiger partial charge >= 0.3 is 5.97 Å². The average Bonchev–Trinajstić information content (AvgIpc) is 3.18. The highest BCUT2D eigenvalue weighted by molar-refractivity contribution is 9.10. The van der Waals surface area contributed by atoms with Crippen molar-refractivity contribution in [2.75, 3.05) is 6.54 Å². The van der Waals surface area contributed by atoms with Gasteiger partial charge in [-0.3, -0.25) is 19.3 Å². The van der Waals surface area contributed by atoms with Crippen LogP contribution in [0.5, 0.6) is 0 Å². The highest BCUT2D eigenvalue weighted by atomic mass is 79.9. The van der Waals surface area contributed by atoms with Gasteiger partial charge in [-0.2, -0.15) is 0 Å². The van der Waals surface area contributed by atoms with Crippen LogP contribution in [0.4, 0.5) is 4.79 Å². The predicted molar refractivity (Wildman–Crippen MR) is 134 cm³/mol. The van der Waals surface area contributed by atoms with Crippen LogP contribution in [-0.2, 0) is 14.3 Å². The summed E-state index contributed by atoms with van der Waals surface area (Å²) in [7, 11) is 0. The van der Waals surface area contributed by atoms with Crippen LogP contribution in [0.3, 0.4) is 0 Å². The number of ether oxygens (including phenoxy) is 1. The van der Waals surface area contributed by atoms with Gasteiger partial charge in [0.2, 0.25) is 0 Å². The van der Waals surface area contributed by atoms with E-state index in [2.05, 4.69) is 38.7 Å². The molecule has 0 saturated carbocycles. The molecule has 8 heteroatoms. The van der Waals surface area contributed by atoms with Crippen LogP contribution in [0.15, 0.2) is 51.8 Å². The second kappa shape index (κ2) is 9.19. The molecule has 0 aliphatic carbocycles. The van der Waals surface area contributed by atoms with Crippen molar-refractivity contribution in [3.63, 3.8) is 0 Å². The predicted octanol–water partition coefficient (Wildman–Crippen LogP) is 6.00. The summed E-state index contributed by atoms with van der Waals surface area (Å²) in [6.45, 7) is 7.05. The standard InChI is InChI=1S/C25H23BrN2O4S/c1-14(2)32-23(29)13-27-24(30)22(33-25(27)31)12-17-11-15(3)28(16(17)4)21-10-9-20(26)18-7-5-6-8-19(18)21/h5-12,14H,13H2,1-4H3/b22-12-. The number of benzene rings is 2. The summed E-state index contributed by atoms with van der Waals surface area (Å²) in [5.41, 5.74) is 3.83. The Bertz CT molecular complexity index is 1330. The van der Waals surface area contributed by atoms with Crippen LogP contribution in [-0.4, -0.2) is 39.2 Å². The number of carbonyl (C=O) groups is 3. The van der Waals surface area contributed by atoms with E-state index in [4.69, 9.17) is 4.74 Å². The number of nitrogens with zero attached hydrogens (tertiary/aromatic N) is 2. The molecule has 0 N–H and O–H groups in total. The molecular formula is C25H23BrN2O4S. The zero-order chi connectivity index (χ0) is 23.9. The normalized spacial score (nSPS) is 15.3. The first-order valence-electron chi connectivity index (χ1n) is 10.5. The Balaban J connectivity index is 1.69. The molecule has 3 aromatic rings. The molecule has 0 bridgehead atoms. The van der Waals surface area contributed by atoms with Crippen molar-refractivity contribution in [3.05, 3.63) is 68.8 Å². The number of hydrogen-bond acceptors (Lipinski definition) is 5. The van der Waals surface area contributed by atoms with Crippen molar-refractivity contribution >= 4 is 61.7 Å². The number of imide groups is 1. The Hall–Kier alpha value is -2.84. The van der Waals surface area contributed by atoms with Crippen molar-refractivity contribution in [1.29, 1.82) is 0 Å². The van der Waals surface area contributed by atoms with Crippen molar-refractivity contribution in [3.8, 4) is 5.69 Å². The lowest BCUT2D eigenvalue weighted by Gasteiger charge is -2.14. The number of esters is 1. The summed E-state index contributed by atoms with van der Waals surface area (Å²) < 4.78 is 8.24. The maximum Gasteiger partial charge on any atom is 0.326 e. The second-order valence-corrected chi connectivity index (χ2v) is 9.93. The molecule has 1 saturated heterocycles. The lowest BCUT2D eigenvalue weighted by Crippen LogP contribution is -2.35. The van der Waals surface area contributed by atoms with Crippen LogP contribution in [0, 0.1) is 13.8 Å². The van der Waals surface area contributed by atoms with Crippen molar-refractivity contribution in [1.82, 2.24) is 9.47 Å². The van der Waals surface area contributed by atoms with Gasteiger partial charge in [-0.1, -0.05) is 40.2 Å². The molecule has 0 atom stereocenters. The van der Waals surface area contributed by atoms with Gasteiger partial charge in [0.05, 0.1) is 16.7 Å². The number of halogens is 1. The minimum atomic E-state index is -0.603. The van der Waals surface area contributed by atoms with E-state index in [0.29, 0.717) is 4.91 Å². The highest BCUT2D eigenvalue weighted by Gasteiger charge is 2.37. The summed E-state index contributed by atoms with van der Waals surface area (Å²) in [6, 6.07) is 14.2. The first-order valence-corrected chi connectivity index (χ1v) is 12.1. The molecule has 4 rings (SSSR count). The van der Waals surface area contributed by atoms with Gasteiger partial charge in [-0.15, -0.1) is 0 Å². The minimum absolute atomic E-state index is 0.290. The molecule has 2 amide bonds. The molecule has 0 spiro atoms. The Labute approximate surface area is 204 Å². The molecule has 2 aromatic carbocycles. The smallest absolute Gasteiger partial charge is 0.326 e. The highest BCUT2D eigenvalue weighted by Crippen LogP contribution is 2.35. The topological polar surface area (TPSA) is 68.6 Å². The molecule has 0 radical (unpaired) electrons. The van der Waals surface area contributed by atoms with Crippen LogP contribution < -0.4 is 0 Å². The number of fused-ring (bicyclic) bond motifs is 1. The molecule has 1 aromatic heterocycles. The number of amides is 2. The van der Waals surface area contributed by atoms with E-state index < -0.39 is 17.1 Å². The lowest BCUT2D eigenvalue weighted by atomic mass is 10.1. The molecule has 0 unspecified atom stereocenters. The average molecular weight is 527 g/mol. The first kappa shape index (κ1) is 23.3. The van der Waals surface area contributed by atoms with Gasteiger partial charge in [0.15, 0.2) is 0 Å².